The van der Waals surface area contributed by atoms with Crippen molar-refractivity contribution in [2.75, 3.05) is 12.3 Å². The molecule has 0 spiro atoms. The van der Waals surface area contributed by atoms with Crippen LogP contribution in [-0.2, 0) is 0 Å². The Morgan fingerprint density at radius 2 is 2.25 bits per heavy atom. The van der Waals surface area contributed by atoms with Gasteiger partial charge in [-0.1, -0.05) is 6.08 Å². The Labute approximate surface area is 91.7 Å². The summed E-state index contributed by atoms with van der Waals surface area (Å²) >= 11 is 0. The molecule has 1 aliphatic rings. The molecule has 2 heterocycles. The SMILES string of the molecule is Nc1nc(C2=CCCN=C2)ccc1[N+](=O)[O-]. The van der Waals surface area contributed by atoms with Gasteiger partial charge in [-0.25, -0.2) is 4.98 Å². The predicted octanol–water partition coefficient (Wildman–Crippen LogP) is 1.43. The van der Waals surface area contributed by atoms with Crippen molar-refractivity contribution in [3.05, 3.63) is 34.0 Å². The van der Waals surface area contributed by atoms with Crippen LogP contribution in [0.15, 0.2) is 23.2 Å². The van der Waals surface area contributed by atoms with Crippen molar-refractivity contribution in [1.29, 1.82) is 0 Å². The van der Waals surface area contributed by atoms with E-state index in [1.807, 2.05) is 6.08 Å². The lowest BCUT2D eigenvalue weighted by atomic mass is 10.1. The summed E-state index contributed by atoms with van der Waals surface area (Å²) < 4.78 is 0. The number of hydrogen-bond donors (Lipinski definition) is 1. The smallest absolute Gasteiger partial charge is 0.311 e. The molecule has 82 valence electrons. The Morgan fingerprint density at radius 1 is 1.44 bits per heavy atom. The standard InChI is InChI=1S/C10H10N4O2/c11-10-9(14(15)16)4-3-8(13-10)7-2-1-5-12-6-7/h2-4,6H,1,5H2,(H2,11,13). The molecule has 0 unspecified atom stereocenters. The van der Waals surface area contributed by atoms with Gasteiger partial charge >= 0.3 is 5.69 Å². The maximum Gasteiger partial charge on any atom is 0.311 e. The molecule has 16 heavy (non-hydrogen) atoms. The average molecular weight is 218 g/mol. The summed E-state index contributed by atoms with van der Waals surface area (Å²) in [6.07, 6.45) is 4.54. The number of nitrogens with zero attached hydrogens (tertiary/aromatic N) is 3. The van der Waals surface area contributed by atoms with Crippen LogP contribution >= 0.6 is 0 Å². The zero-order valence-electron chi connectivity index (χ0n) is 8.46. The topological polar surface area (TPSA) is 94.4 Å². The van der Waals surface area contributed by atoms with E-state index in [9.17, 15) is 10.1 Å². The normalized spacial score (nSPS) is 14.6. The molecule has 6 heteroatoms. The Bertz CT molecular complexity index is 494. The molecule has 0 radical (unpaired) electrons. The molecule has 0 fully saturated rings. The van der Waals surface area contributed by atoms with E-state index in [-0.39, 0.29) is 11.5 Å². The molecule has 1 aromatic rings. The van der Waals surface area contributed by atoms with Crippen molar-refractivity contribution >= 4 is 23.3 Å². The molecule has 0 aromatic carbocycles. The number of allylic oxidation sites excluding steroid dienone is 1. The fourth-order valence-electron chi connectivity index (χ4n) is 1.46. The summed E-state index contributed by atoms with van der Waals surface area (Å²) in [5.74, 6) is -0.0672. The second-order valence-corrected chi connectivity index (χ2v) is 3.34. The molecule has 6 nitrogen and oxygen atoms in total. The summed E-state index contributed by atoms with van der Waals surface area (Å²) in [6.45, 7) is 0.770. The lowest BCUT2D eigenvalue weighted by molar-refractivity contribution is -0.384. The minimum absolute atomic E-state index is 0.0672. The quantitative estimate of drug-likeness (QED) is 0.600. The van der Waals surface area contributed by atoms with E-state index in [1.54, 1.807) is 12.3 Å². The molecule has 0 aliphatic carbocycles. The van der Waals surface area contributed by atoms with Crippen LogP contribution in [0.25, 0.3) is 5.57 Å². The number of aromatic nitrogens is 1. The van der Waals surface area contributed by atoms with Crippen molar-refractivity contribution < 1.29 is 4.92 Å². The van der Waals surface area contributed by atoms with Gasteiger partial charge in [-0.3, -0.25) is 15.1 Å². The van der Waals surface area contributed by atoms with E-state index in [0.29, 0.717) is 5.69 Å². The molecule has 1 aromatic heterocycles. The van der Waals surface area contributed by atoms with Gasteiger partial charge in [0, 0.05) is 24.4 Å². The number of hydrogen-bond acceptors (Lipinski definition) is 5. The lowest BCUT2D eigenvalue weighted by Crippen LogP contribution is -2.02. The minimum Gasteiger partial charge on any atom is -0.378 e. The number of pyridine rings is 1. The number of rotatable bonds is 2. The Balaban J connectivity index is 2.38. The van der Waals surface area contributed by atoms with Crippen LogP contribution in [0.4, 0.5) is 11.5 Å². The Kier molecular flexibility index (Phi) is 2.63. The van der Waals surface area contributed by atoms with Gasteiger partial charge < -0.3 is 5.73 Å². The van der Waals surface area contributed by atoms with Crippen molar-refractivity contribution in [2.24, 2.45) is 4.99 Å². The van der Waals surface area contributed by atoms with Gasteiger partial charge in [-0.15, -0.1) is 0 Å². The number of nitrogen functional groups attached to an aromatic ring is 1. The van der Waals surface area contributed by atoms with Crippen LogP contribution in [-0.4, -0.2) is 22.7 Å². The van der Waals surface area contributed by atoms with Gasteiger partial charge in [-0.2, -0.15) is 0 Å². The second-order valence-electron chi connectivity index (χ2n) is 3.34. The van der Waals surface area contributed by atoms with E-state index in [1.165, 1.54) is 6.07 Å². The van der Waals surface area contributed by atoms with Crippen LogP contribution in [0, 0.1) is 10.1 Å². The second kappa shape index (κ2) is 4.09. The van der Waals surface area contributed by atoms with Crippen molar-refractivity contribution in [3.63, 3.8) is 0 Å². The summed E-state index contributed by atoms with van der Waals surface area (Å²) in [5.41, 5.74) is 6.81. The van der Waals surface area contributed by atoms with Crippen molar-refractivity contribution in [2.45, 2.75) is 6.42 Å². The third kappa shape index (κ3) is 1.90. The number of anilines is 1. The Morgan fingerprint density at radius 3 is 2.81 bits per heavy atom. The fourth-order valence-corrected chi connectivity index (χ4v) is 1.46. The van der Waals surface area contributed by atoms with E-state index in [4.69, 9.17) is 5.73 Å². The number of nitrogens with two attached hydrogens (primary N) is 1. The van der Waals surface area contributed by atoms with Gasteiger partial charge in [0.2, 0.25) is 5.82 Å². The molecule has 0 saturated carbocycles. The highest BCUT2D eigenvalue weighted by Gasteiger charge is 2.14. The third-order valence-corrected chi connectivity index (χ3v) is 2.25. The number of nitro groups is 1. The van der Waals surface area contributed by atoms with Crippen LogP contribution < -0.4 is 5.73 Å². The molecular formula is C10H10N4O2. The average Bonchev–Trinajstić information content (AvgIpc) is 2.29. The van der Waals surface area contributed by atoms with E-state index in [0.717, 1.165) is 18.5 Å². The minimum atomic E-state index is -0.546. The molecule has 2 N–H and O–H groups in total. The maximum atomic E-state index is 10.6. The summed E-state index contributed by atoms with van der Waals surface area (Å²) in [5, 5.41) is 10.6. The molecule has 0 amide bonds. The molecule has 2 rings (SSSR count). The molecule has 0 bridgehead atoms. The van der Waals surface area contributed by atoms with E-state index in [2.05, 4.69) is 9.98 Å². The predicted molar refractivity (Wildman–Crippen MR) is 61.3 cm³/mol. The van der Waals surface area contributed by atoms with Gasteiger partial charge in [-0.05, 0) is 12.5 Å². The zero-order chi connectivity index (χ0) is 11.5. The summed E-state index contributed by atoms with van der Waals surface area (Å²) in [4.78, 5) is 18.1. The first-order chi connectivity index (χ1) is 7.68. The number of aliphatic imine (C=N–C) groups is 1. The van der Waals surface area contributed by atoms with Gasteiger partial charge in [0.1, 0.15) is 0 Å². The maximum absolute atomic E-state index is 10.6. The highest BCUT2D eigenvalue weighted by atomic mass is 16.6. The van der Waals surface area contributed by atoms with Gasteiger partial charge in [0.05, 0.1) is 10.6 Å². The highest BCUT2D eigenvalue weighted by molar-refractivity contribution is 6.09. The van der Waals surface area contributed by atoms with Crippen LogP contribution in [0.5, 0.6) is 0 Å². The molecule has 0 atom stereocenters. The zero-order valence-corrected chi connectivity index (χ0v) is 8.46. The largest absolute Gasteiger partial charge is 0.378 e. The van der Waals surface area contributed by atoms with Gasteiger partial charge in [0.25, 0.3) is 0 Å². The monoisotopic (exact) mass is 218 g/mol. The summed E-state index contributed by atoms with van der Waals surface area (Å²) in [6, 6.07) is 2.94. The lowest BCUT2D eigenvalue weighted by Gasteiger charge is -2.06. The third-order valence-electron chi connectivity index (χ3n) is 2.25. The first-order valence-corrected chi connectivity index (χ1v) is 4.80. The van der Waals surface area contributed by atoms with E-state index >= 15 is 0 Å². The molecular weight excluding hydrogens is 208 g/mol. The van der Waals surface area contributed by atoms with Crippen LogP contribution in [0.2, 0.25) is 0 Å². The first kappa shape index (κ1) is 10.3. The first-order valence-electron chi connectivity index (χ1n) is 4.80. The number of dihydropyridines is 1. The van der Waals surface area contributed by atoms with E-state index < -0.39 is 4.92 Å². The Hall–Kier alpha value is -2.24. The van der Waals surface area contributed by atoms with Crippen LogP contribution in [0.1, 0.15) is 12.1 Å². The van der Waals surface area contributed by atoms with Gasteiger partial charge in [0.15, 0.2) is 0 Å². The molecule has 1 aliphatic heterocycles. The molecule has 0 saturated heterocycles. The fraction of sp³-hybridized carbons (Fsp3) is 0.200. The van der Waals surface area contributed by atoms with Crippen molar-refractivity contribution in [1.82, 2.24) is 4.98 Å². The highest BCUT2D eigenvalue weighted by Crippen LogP contribution is 2.22. The van der Waals surface area contributed by atoms with Crippen LogP contribution in [0.3, 0.4) is 0 Å². The summed E-state index contributed by atoms with van der Waals surface area (Å²) in [7, 11) is 0. The van der Waals surface area contributed by atoms with Crippen molar-refractivity contribution in [3.8, 4) is 0 Å².